The third kappa shape index (κ3) is 2.39. The van der Waals surface area contributed by atoms with Crippen molar-refractivity contribution < 1.29 is 9.53 Å². The number of amides is 1. The average Bonchev–Trinajstić information content (AvgIpc) is 2.90. The second-order valence-electron chi connectivity index (χ2n) is 6.94. The Kier molecular flexibility index (Phi) is 3.76. The van der Waals surface area contributed by atoms with Gasteiger partial charge in [0.05, 0.1) is 18.6 Å². The van der Waals surface area contributed by atoms with Gasteiger partial charge in [0.2, 0.25) is 5.91 Å². The zero-order valence-electron chi connectivity index (χ0n) is 13.5. The Balaban J connectivity index is 1.63. The first-order valence-electron chi connectivity index (χ1n) is 8.15. The van der Waals surface area contributed by atoms with Crippen LogP contribution in [0.15, 0.2) is 17.0 Å². The van der Waals surface area contributed by atoms with Gasteiger partial charge in [-0.3, -0.25) is 9.20 Å². The minimum atomic E-state index is -0.356. The number of carbonyl (C=O) groups excluding carboxylic acids is 1. The highest BCUT2D eigenvalue weighted by Gasteiger charge is 2.44. The van der Waals surface area contributed by atoms with Crippen molar-refractivity contribution in [2.24, 2.45) is 5.41 Å². The summed E-state index contributed by atoms with van der Waals surface area (Å²) in [6.45, 7) is 4.51. The second kappa shape index (κ2) is 5.70. The Morgan fingerprint density at radius 2 is 2.29 bits per heavy atom. The third-order valence-corrected chi connectivity index (χ3v) is 5.55. The normalized spacial score (nSPS) is 23.2. The molecule has 0 radical (unpaired) electrons. The van der Waals surface area contributed by atoms with E-state index in [2.05, 4.69) is 25.9 Å². The number of nitrogen functional groups attached to an aromatic ring is 1. The highest BCUT2D eigenvalue weighted by Crippen LogP contribution is 2.35. The molecule has 24 heavy (non-hydrogen) atoms. The van der Waals surface area contributed by atoms with Crippen molar-refractivity contribution >= 4 is 33.2 Å². The molecule has 2 aliphatic heterocycles. The van der Waals surface area contributed by atoms with Gasteiger partial charge in [-0.05, 0) is 35.7 Å². The fraction of sp³-hybridized carbons (Fsp3) is 0.562. The van der Waals surface area contributed by atoms with E-state index in [0.717, 1.165) is 30.7 Å². The highest BCUT2D eigenvalue weighted by molar-refractivity contribution is 9.10. The number of anilines is 1. The molecule has 8 heteroatoms. The largest absolute Gasteiger partial charge is 0.382 e. The fourth-order valence-electron chi connectivity index (χ4n) is 3.62. The Morgan fingerprint density at radius 1 is 1.50 bits per heavy atom. The van der Waals surface area contributed by atoms with Crippen LogP contribution < -0.4 is 5.73 Å². The van der Waals surface area contributed by atoms with Gasteiger partial charge in [-0.2, -0.15) is 0 Å². The maximum Gasteiger partial charge on any atom is 0.233 e. The number of fused-ring (bicyclic) bond motifs is 1. The Hall–Kier alpha value is -1.67. The number of hydrogen-bond donors (Lipinski definition) is 1. The predicted octanol–water partition coefficient (Wildman–Crippen LogP) is 1.82. The van der Waals surface area contributed by atoms with E-state index in [0.29, 0.717) is 30.2 Å². The number of ether oxygens (including phenoxy) is 1. The number of aromatic nitrogens is 3. The average molecular weight is 394 g/mol. The molecule has 4 heterocycles. The smallest absolute Gasteiger partial charge is 0.233 e. The highest BCUT2D eigenvalue weighted by atomic mass is 79.9. The van der Waals surface area contributed by atoms with Crippen molar-refractivity contribution in [2.75, 3.05) is 32.0 Å². The lowest BCUT2D eigenvalue weighted by molar-refractivity contribution is -0.169. The van der Waals surface area contributed by atoms with Crippen LogP contribution in [-0.2, 0) is 9.53 Å². The molecule has 2 aromatic rings. The van der Waals surface area contributed by atoms with E-state index in [9.17, 15) is 4.79 Å². The van der Waals surface area contributed by atoms with Crippen LogP contribution in [0.1, 0.15) is 31.5 Å². The van der Waals surface area contributed by atoms with Crippen molar-refractivity contribution in [1.29, 1.82) is 0 Å². The van der Waals surface area contributed by atoms with Crippen molar-refractivity contribution in [3.8, 4) is 0 Å². The summed E-state index contributed by atoms with van der Waals surface area (Å²) in [4.78, 5) is 23.5. The first-order chi connectivity index (χ1) is 11.5. The molecule has 0 spiro atoms. The summed E-state index contributed by atoms with van der Waals surface area (Å²) in [5, 5.41) is 0. The third-order valence-electron chi connectivity index (χ3n) is 5.00. The molecule has 2 fully saturated rings. The maximum atomic E-state index is 12.8. The summed E-state index contributed by atoms with van der Waals surface area (Å²) >= 11 is 3.48. The van der Waals surface area contributed by atoms with Crippen LogP contribution in [0.3, 0.4) is 0 Å². The summed E-state index contributed by atoms with van der Waals surface area (Å²) in [6.07, 6.45) is 5.53. The number of halogens is 1. The Morgan fingerprint density at radius 3 is 3.00 bits per heavy atom. The first-order valence-corrected chi connectivity index (χ1v) is 8.94. The molecule has 7 nitrogen and oxygen atoms in total. The van der Waals surface area contributed by atoms with Gasteiger partial charge in [0.1, 0.15) is 15.9 Å². The molecule has 0 saturated carbocycles. The van der Waals surface area contributed by atoms with Crippen LogP contribution >= 0.6 is 15.9 Å². The fourth-order valence-corrected chi connectivity index (χ4v) is 4.19. The number of carbonyl (C=O) groups is 1. The van der Waals surface area contributed by atoms with Gasteiger partial charge >= 0.3 is 0 Å². The molecule has 1 amide bonds. The van der Waals surface area contributed by atoms with Crippen molar-refractivity contribution in [3.63, 3.8) is 0 Å². The molecular weight excluding hydrogens is 374 g/mol. The summed E-state index contributed by atoms with van der Waals surface area (Å²) in [7, 11) is 0. The number of nitrogens with zero attached hydrogens (tertiary/aromatic N) is 4. The Labute approximate surface area is 148 Å². The minimum absolute atomic E-state index is 0.188. The first kappa shape index (κ1) is 15.8. The number of imidazole rings is 1. The molecular formula is C16H20BrN5O2. The van der Waals surface area contributed by atoms with Crippen LogP contribution in [-0.4, -0.2) is 51.5 Å². The van der Waals surface area contributed by atoms with E-state index in [4.69, 9.17) is 10.5 Å². The molecule has 0 aliphatic carbocycles. The molecule has 2 saturated heterocycles. The summed E-state index contributed by atoms with van der Waals surface area (Å²) in [5.41, 5.74) is 6.41. The topological polar surface area (TPSA) is 85.8 Å². The quantitative estimate of drug-likeness (QED) is 0.840. The van der Waals surface area contributed by atoms with Gasteiger partial charge in [-0.1, -0.05) is 0 Å². The van der Waals surface area contributed by atoms with Gasteiger partial charge in [0.15, 0.2) is 5.82 Å². The number of hydrogen-bond acceptors (Lipinski definition) is 5. The van der Waals surface area contributed by atoms with Crippen LogP contribution in [0, 0.1) is 5.41 Å². The van der Waals surface area contributed by atoms with Crippen molar-refractivity contribution in [2.45, 2.75) is 25.7 Å². The monoisotopic (exact) mass is 393 g/mol. The van der Waals surface area contributed by atoms with Gasteiger partial charge < -0.3 is 15.4 Å². The number of piperidine rings is 1. The second-order valence-corrected chi connectivity index (χ2v) is 7.69. The molecule has 0 bridgehead atoms. The van der Waals surface area contributed by atoms with E-state index >= 15 is 0 Å². The minimum Gasteiger partial charge on any atom is -0.382 e. The van der Waals surface area contributed by atoms with Crippen LogP contribution in [0.5, 0.6) is 0 Å². The molecule has 128 valence electrons. The van der Waals surface area contributed by atoms with Crippen molar-refractivity contribution in [3.05, 3.63) is 22.8 Å². The van der Waals surface area contributed by atoms with Crippen LogP contribution in [0.4, 0.5) is 5.82 Å². The predicted molar refractivity (Wildman–Crippen MR) is 92.6 cm³/mol. The van der Waals surface area contributed by atoms with Gasteiger partial charge in [0, 0.05) is 31.4 Å². The number of likely N-dealkylation sites (tertiary alicyclic amines) is 1. The zero-order chi connectivity index (χ0) is 16.9. The Bertz CT molecular complexity index is 801. The van der Waals surface area contributed by atoms with E-state index < -0.39 is 0 Å². The lowest BCUT2D eigenvalue weighted by Gasteiger charge is -2.42. The lowest BCUT2D eigenvalue weighted by atomic mass is 9.85. The van der Waals surface area contributed by atoms with E-state index in [1.54, 1.807) is 6.20 Å². The zero-order valence-corrected chi connectivity index (χ0v) is 15.1. The molecule has 2 aromatic heterocycles. The molecule has 0 aromatic carbocycles. The SMILES string of the molecule is CC1(C(=O)N2CCC[C@H](c3nc(Br)c4c(N)nccn34)C2)COC1. The lowest BCUT2D eigenvalue weighted by Crippen LogP contribution is -2.55. The van der Waals surface area contributed by atoms with Crippen LogP contribution in [0.2, 0.25) is 0 Å². The number of rotatable bonds is 2. The van der Waals surface area contributed by atoms with Gasteiger partial charge in [0.25, 0.3) is 0 Å². The summed E-state index contributed by atoms with van der Waals surface area (Å²) in [6, 6.07) is 0. The summed E-state index contributed by atoms with van der Waals surface area (Å²) < 4.78 is 7.93. The van der Waals surface area contributed by atoms with E-state index in [1.165, 1.54) is 0 Å². The number of nitrogens with two attached hydrogens (primary N) is 1. The standard InChI is InChI=1S/C16H20BrN5O2/c1-16(8-24-9-16)15(23)21-5-2-3-10(7-21)14-20-12(17)11-13(18)19-4-6-22(11)14/h4,6,10H,2-3,5,7-9H2,1H3,(H2,18,19)/t10-/m0/s1. The van der Waals surface area contributed by atoms with E-state index in [1.807, 2.05) is 22.4 Å². The van der Waals surface area contributed by atoms with Gasteiger partial charge in [-0.25, -0.2) is 9.97 Å². The van der Waals surface area contributed by atoms with Crippen LogP contribution in [0.25, 0.3) is 5.52 Å². The molecule has 4 rings (SSSR count). The molecule has 0 unspecified atom stereocenters. The molecule has 1 atom stereocenters. The molecule has 2 N–H and O–H groups in total. The maximum absolute atomic E-state index is 12.8. The van der Waals surface area contributed by atoms with Gasteiger partial charge in [-0.15, -0.1) is 0 Å². The molecule has 2 aliphatic rings. The summed E-state index contributed by atoms with van der Waals surface area (Å²) in [5.74, 6) is 1.76. The van der Waals surface area contributed by atoms with E-state index in [-0.39, 0.29) is 17.2 Å². The van der Waals surface area contributed by atoms with Crippen molar-refractivity contribution in [1.82, 2.24) is 19.3 Å².